The van der Waals surface area contributed by atoms with E-state index in [2.05, 4.69) is 60.3 Å². The number of aliphatic hydroxyl groups is 1. The Morgan fingerprint density at radius 2 is 2.19 bits per heavy atom. The standard InChI is InChI=1S/C19H15IN4OS/c1-11-6-13(10-25)19-14(4-5-24(19)26-20)15(11)8-18-22-16-3-2-12(9-21)7-17(16)23-18/h2-7,25H,8,10H2,1H3,(H,22,23). The number of imidazole rings is 1. The second-order valence-electron chi connectivity index (χ2n) is 6.17. The highest BCUT2D eigenvalue weighted by Crippen LogP contribution is 2.33. The Kier molecular flexibility index (Phi) is 4.65. The van der Waals surface area contributed by atoms with Gasteiger partial charge in [0.05, 0.1) is 34.8 Å². The first-order chi connectivity index (χ1) is 12.6. The Morgan fingerprint density at radius 3 is 2.92 bits per heavy atom. The number of benzene rings is 2. The quantitative estimate of drug-likeness (QED) is 0.423. The van der Waals surface area contributed by atoms with Crippen molar-refractivity contribution in [3.8, 4) is 6.07 Å². The van der Waals surface area contributed by atoms with Crippen LogP contribution >= 0.6 is 30.3 Å². The molecule has 0 aliphatic heterocycles. The molecule has 0 spiro atoms. The van der Waals surface area contributed by atoms with Gasteiger partial charge in [-0.25, -0.2) is 4.98 Å². The minimum absolute atomic E-state index is 0.0143. The SMILES string of the molecule is Cc1cc(CO)c2c(ccn2SI)c1Cc1nc2ccc(C#N)cc2[nH]1. The topological polar surface area (TPSA) is 77.6 Å². The molecule has 2 heterocycles. The van der Waals surface area contributed by atoms with Crippen LogP contribution in [0.15, 0.2) is 36.5 Å². The van der Waals surface area contributed by atoms with Gasteiger partial charge in [-0.15, -0.1) is 0 Å². The fraction of sp³-hybridized carbons (Fsp3) is 0.158. The number of fused-ring (bicyclic) bond motifs is 2. The van der Waals surface area contributed by atoms with Crippen LogP contribution in [-0.4, -0.2) is 19.0 Å². The van der Waals surface area contributed by atoms with Crippen molar-refractivity contribution in [2.45, 2.75) is 20.0 Å². The zero-order valence-electron chi connectivity index (χ0n) is 14.0. The van der Waals surface area contributed by atoms with E-state index in [1.165, 1.54) is 5.56 Å². The number of H-pyrrole nitrogens is 1. The molecule has 0 aliphatic carbocycles. The summed E-state index contributed by atoms with van der Waals surface area (Å²) in [6, 6.07) is 11.8. The molecule has 2 aromatic heterocycles. The van der Waals surface area contributed by atoms with E-state index in [0.717, 1.165) is 38.9 Å². The number of aromatic amines is 1. The van der Waals surface area contributed by atoms with Crippen molar-refractivity contribution in [3.63, 3.8) is 0 Å². The van der Waals surface area contributed by atoms with Gasteiger partial charge in [-0.3, -0.25) is 3.97 Å². The lowest BCUT2D eigenvalue weighted by atomic mass is 9.97. The number of nitriles is 1. The van der Waals surface area contributed by atoms with Gasteiger partial charge in [0.25, 0.3) is 0 Å². The second kappa shape index (κ2) is 6.95. The molecular weight excluding hydrogens is 459 g/mol. The number of rotatable bonds is 4. The van der Waals surface area contributed by atoms with Crippen molar-refractivity contribution in [3.05, 3.63) is 64.6 Å². The van der Waals surface area contributed by atoms with E-state index < -0.39 is 0 Å². The predicted octanol–water partition coefficient (Wildman–Crippen LogP) is 4.63. The predicted molar refractivity (Wildman–Crippen MR) is 113 cm³/mol. The number of aryl methyl sites for hydroxylation is 1. The van der Waals surface area contributed by atoms with Crippen LogP contribution in [0.5, 0.6) is 0 Å². The van der Waals surface area contributed by atoms with Crippen molar-refractivity contribution < 1.29 is 5.11 Å². The molecule has 2 N–H and O–H groups in total. The molecule has 0 bridgehead atoms. The molecule has 0 amide bonds. The summed E-state index contributed by atoms with van der Waals surface area (Å²) in [4.78, 5) is 8.01. The second-order valence-corrected chi connectivity index (χ2v) is 7.88. The fourth-order valence-corrected chi connectivity index (χ4v) is 4.77. The van der Waals surface area contributed by atoms with E-state index in [1.807, 2.05) is 18.3 Å². The Balaban J connectivity index is 1.83. The van der Waals surface area contributed by atoms with E-state index in [9.17, 15) is 5.11 Å². The van der Waals surface area contributed by atoms with Gasteiger partial charge in [0.1, 0.15) is 5.82 Å². The van der Waals surface area contributed by atoms with Gasteiger partial charge >= 0.3 is 0 Å². The summed E-state index contributed by atoms with van der Waals surface area (Å²) in [5.74, 6) is 0.867. The van der Waals surface area contributed by atoms with Crippen LogP contribution in [0.4, 0.5) is 0 Å². The van der Waals surface area contributed by atoms with Crippen LogP contribution < -0.4 is 0 Å². The first-order valence-electron chi connectivity index (χ1n) is 8.05. The molecule has 0 aliphatic rings. The summed E-state index contributed by atoms with van der Waals surface area (Å²) < 4.78 is 2.07. The number of nitrogens with zero attached hydrogens (tertiary/aromatic N) is 3. The first kappa shape index (κ1) is 17.4. The van der Waals surface area contributed by atoms with Crippen molar-refractivity contribution in [1.82, 2.24) is 13.9 Å². The van der Waals surface area contributed by atoms with Gasteiger partial charge in [-0.2, -0.15) is 5.26 Å². The molecule has 2 aromatic carbocycles. The van der Waals surface area contributed by atoms with Gasteiger partial charge in [-0.1, -0.05) is 6.07 Å². The van der Waals surface area contributed by atoms with Crippen LogP contribution in [0, 0.1) is 18.3 Å². The van der Waals surface area contributed by atoms with E-state index in [4.69, 9.17) is 5.26 Å². The molecule has 7 heteroatoms. The average molecular weight is 474 g/mol. The maximum atomic E-state index is 9.75. The van der Waals surface area contributed by atoms with Crippen molar-refractivity contribution in [1.29, 1.82) is 5.26 Å². The van der Waals surface area contributed by atoms with Crippen molar-refractivity contribution in [2.24, 2.45) is 0 Å². The molecule has 0 saturated heterocycles. The number of aromatic nitrogens is 3. The first-order valence-corrected chi connectivity index (χ1v) is 11.4. The normalized spacial score (nSPS) is 11.3. The van der Waals surface area contributed by atoms with Crippen molar-refractivity contribution in [2.75, 3.05) is 0 Å². The highest BCUT2D eigenvalue weighted by Gasteiger charge is 2.15. The third kappa shape index (κ3) is 2.88. The molecule has 26 heavy (non-hydrogen) atoms. The molecular formula is C19H15IN4OS. The summed E-state index contributed by atoms with van der Waals surface area (Å²) in [5.41, 5.74) is 6.67. The van der Waals surface area contributed by atoms with Crippen LogP contribution in [0.1, 0.15) is 28.1 Å². The van der Waals surface area contributed by atoms with Crippen molar-refractivity contribution >= 4 is 52.3 Å². The summed E-state index contributed by atoms with van der Waals surface area (Å²) in [6.07, 6.45) is 2.70. The Labute approximate surface area is 166 Å². The Hall–Kier alpha value is -2.02. The lowest BCUT2D eigenvalue weighted by Gasteiger charge is -2.11. The minimum atomic E-state index is 0.0143. The molecule has 0 unspecified atom stereocenters. The van der Waals surface area contributed by atoms with E-state index in [0.29, 0.717) is 12.0 Å². The number of aliphatic hydroxyl groups excluding tert-OH is 1. The molecule has 0 fully saturated rings. The smallest absolute Gasteiger partial charge is 0.111 e. The number of nitrogens with one attached hydrogen (secondary N) is 1. The van der Waals surface area contributed by atoms with Crippen LogP contribution in [0.2, 0.25) is 0 Å². The monoisotopic (exact) mass is 474 g/mol. The van der Waals surface area contributed by atoms with Gasteiger partial charge in [0, 0.05) is 53.9 Å². The third-order valence-electron chi connectivity index (χ3n) is 4.60. The molecule has 0 atom stereocenters. The summed E-state index contributed by atoms with van der Waals surface area (Å²) in [7, 11) is 1.58. The molecule has 0 saturated carbocycles. The zero-order valence-corrected chi connectivity index (χ0v) is 16.9. The van der Waals surface area contributed by atoms with Gasteiger partial charge in [-0.05, 0) is 42.3 Å². The van der Waals surface area contributed by atoms with E-state index in [1.54, 1.807) is 15.2 Å². The Bertz CT molecular complexity index is 1170. The van der Waals surface area contributed by atoms with Gasteiger partial charge in [0.2, 0.25) is 0 Å². The lowest BCUT2D eigenvalue weighted by Crippen LogP contribution is -1.99. The summed E-state index contributed by atoms with van der Waals surface area (Å²) in [5, 5.41) is 19.9. The fourth-order valence-electron chi connectivity index (χ4n) is 3.40. The molecule has 130 valence electrons. The van der Waals surface area contributed by atoms with Crippen LogP contribution in [0.3, 0.4) is 0 Å². The van der Waals surface area contributed by atoms with Crippen LogP contribution in [-0.2, 0) is 13.0 Å². The van der Waals surface area contributed by atoms with E-state index in [-0.39, 0.29) is 6.61 Å². The van der Waals surface area contributed by atoms with E-state index >= 15 is 0 Å². The van der Waals surface area contributed by atoms with Gasteiger partial charge < -0.3 is 10.1 Å². The maximum Gasteiger partial charge on any atom is 0.111 e. The largest absolute Gasteiger partial charge is 0.392 e. The number of halogens is 1. The molecule has 5 nitrogen and oxygen atoms in total. The summed E-state index contributed by atoms with van der Waals surface area (Å²) in [6.45, 7) is 2.08. The lowest BCUT2D eigenvalue weighted by molar-refractivity contribution is 0.283. The number of hydrogen-bond donors (Lipinski definition) is 2. The Morgan fingerprint density at radius 1 is 1.35 bits per heavy atom. The van der Waals surface area contributed by atoms with Gasteiger partial charge in [0.15, 0.2) is 0 Å². The highest BCUT2D eigenvalue weighted by molar-refractivity contribution is 14.2. The maximum absolute atomic E-state index is 9.75. The number of hydrogen-bond acceptors (Lipinski definition) is 4. The highest BCUT2D eigenvalue weighted by atomic mass is 127. The average Bonchev–Trinajstić information content (AvgIpc) is 3.26. The minimum Gasteiger partial charge on any atom is -0.392 e. The zero-order chi connectivity index (χ0) is 18.3. The van der Waals surface area contributed by atoms with Crippen LogP contribution in [0.25, 0.3) is 21.9 Å². The molecule has 4 aromatic rings. The molecule has 4 rings (SSSR count). The summed E-state index contributed by atoms with van der Waals surface area (Å²) >= 11 is 2.24. The third-order valence-corrected chi connectivity index (χ3v) is 6.32. The molecule has 0 radical (unpaired) electrons.